The van der Waals surface area contributed by atoms with E-state index in [9.17, 15) is 10.1 Å². The molecule has 0 bridgehead atoms. The molecule has 0 amide bonds. The van der Waals surface area contributed by atoms with Crippen LogP contribution in [-0.2, 0) is 0 Å². The largest absolute Gasteiger partial charge is 0.460 e. The molecule has 0 aromatic carbocycles. The Labute approximate surface area is 98.2 Å². The molecule has 0 radical (unpaired) electrons. The molecule has 1 aliphatic carbocycles. The van der Waals surface area contributed by atoms with Gasteiger partial charge >= 0.3 is 11.7 Å². The summed E-state index contributed by atoms with van der Waals surface area (Å²) in [5.74, 6) is 0. The Hall–Kier alpha value is -1.76. The Morgan fingerprint density at radius 3 is 2.71 bits per heavy atom. The normalized spacial score (nSPS) is 24.3. The summed E-state index contributed by atoms with van der Waals surface area (Å²) >= 11 is 0. The highest BCUT2D eigenvalue weighted by molar-refractivity contribution is 5.21. The van der Waals surface area contributed by atoms with Gasteiger partial charge in [0.2, 0.25) is 0 Å². The SMILES string of the molecule is NC1CCCC(Oc2ncc([N+](=O)[O-])cn2)C1. The van der Waals surface area contributed by atoms with Crippen molar-refractivity contribution < 1.29 is 9.66 Å². The second-order valence-corrected chi connectivity index (χ2v) is 4.15. The van der Waals surface area contributed by atoms with Gasteiger partial charge in [0.05, 0.1) is 4.92 Å². The van der Waals surface area contributed by atoms with E-state index in [1.807, 2.05) is 0 Å². The van der Waals surface area contributed by atoms with Crippen LogP contribution >= 0.6 is 0 Å². The molecule has 1 aliphatic rings. The molecule has 7 heteroatoms. The van der Waals surface area contributed by atoms with Crippen molar-refractivity contribution >= 4 is 5.69 Å². The van der Waals surface area contributed by atoms with Crippen LogP contribution in [0.5, 0.6) is 6.01 Å². The van der Waals surface area contributed by atoms with Crippen LogP contribution in [0, 0.1) is 10.1 Å². The maximum Gasteiger partial charge on any atom is 0.317 e. The molecule has 2 unspecified atom stereocenters. The van der Waals surface area contributed by atoms with Gasteiger partial charge in [-0.3, -0.25) is 10.1 Å². The molecule has 2 rings (SSSR count). The van der Waals surface area contributed by atoms with Gasteiger partial charge in [0.25, 0.3) is 0 Å². The van der Waals surface area contributed by atoms with Crippen LogP contribution < -0.4 is 10.5 Å². The van der Waals surface area contributed by atoms with Gasteiger partial charge in [-0.1, -0.05) is 0 Å². The summed E-state index contributed by atoms with van der Waals surface area (Å²) in [6.07, 6.45) is 6.05. The summed E-state index contributed by atoms with van der Waals surface area (Å²) in [7, 11) is 0. The Bertz CT molecular complexity index is 395. The zero-order valence-corrected chi connectivity index (χ0v) is 9.28. The highest BCUT2D eigenvalue weighted by Gasteiger charge is 2.21. The molecule has 2 atom stereocenters. The number of aromatic nitrogens is 2. The van der Waals surface area contributed by atoms with Crippen LogP contribution in [0.3, 0.4) is 0 Å². The standard InChI is InChI=1S/C10H14N4O3/c11-7-2-1-3-9(4-7)17-10-12-5-8(6-13-10)14(15)16/h5-7,9H,1-4,11H2. The number of hydrogen-bond acceptors (Lipinski definition) is 6. The molecule has 0 saturated heterocycles. The molecular formula is C10H14N4O3. The smallest absolute Gasteiger partial charge is 0.317 e. The second kappa shape index (κ2) is 5.05. The number of nitrogens with two attached hydrogens (primary N) is 1. The van der Waals surface area contributed by atoms with E-state index in [-0.39, 0.29) is 23.8 Å². The van der Waals surface area contributed by atoms with E-state index in [1.54, 1.807) is 0 Å². The molecule has 7 nitrogen and oxygen atoms in total. The lowest BCUT2D eigenvalue weighted by molar-refractivity contribution is -0.385. The number of nitro groups is 1. The average Bonchev–Trinajstić information content (AvgIpc) is 2.29. The fourth-order valence-corrected chi connectivity index (χ4v) is 1.90. The first-order chi connectivity index (χ1) is 8.15. The predicted molar refractivity (Wildman–Crippen MR) is 59.5 cm³/mol. The van der Waals surface area contributed by atoms with E-state index in [0.29, 0.717) is 0 Å². The summed E-state index contributed by atoms with van der Waals surface area (Å²) in [5.41, 5.74) is 5.69. The molecule has 0 aliphatic heterocycles. The van der Waals surface area contributed by atoms with Gasteiger partial charge in [-0.25, -0.2) is 0 Å². The van der Waals surface area contributed by atoms with E-state index in [4.69, 9.17) is 10.5 Å². The Balaban J connectivity index is 1.96. The Morgan fingerprint density at radius 2 is 2.12 bits per heavy atom. The summed E-state index contributed by atoms with van der Waals surface area (Å²) in [4.78, 5) is 17.5. The molecule has 17 heavy (non-hydrogen) atoms. The molecule has 1 aromatic rings. The summed E-state index contributed by atoms with van der Waals surface area (Å²) < 4.78 is 5.54. The van der Waals surface area contributed by atoms with Crippen molar-refractivity contribution in [3.05, 3.63) is 22.5 Å². The molecule has 1 saturated carbocycles. The minimum atomic E-state index is -0.541. The molecule has 2 N–H and O–H groups in total. The molecule has 1 heterocycles. The third kappa shape index (κ3) is 3.10. The van der Waals surface area contributed by atoms with Crippen molar-refractivity contribution in [3.8, 4) is 6.01 Å². The maximum atomic E-state index is 10.4. The zero-order valence-electron chi connectivity index (χ0n) is 9.28. The van der Waals surface area contributed by atoms with Crippen LogP contribution in [0.1, 0.15) is 25.7 Å². The molecular weight excluding hydrogens is 224 g/mol. The monoisotopic (exact) mass is 238 g/mol. The fourth-order valence-electron chi connectivity index (χ4n) is 1.90. The van der Waals surface area contributed by atoms with Crippen LogP contribution in [0.4, 0.5) is 5.69 Å². The van der Waals surface area contributed by atoms with E-state index < -0.39 is 4.92 Å². The molecule has 1 aromatic heterocycles. The highest BCUT2D eigenvalue weighted by atomic mass is 16.6. The number of nitrogens with zero attached hydrogens (tertiary/aromatic N) is 3. The zero-order chi connectivity index (χ0) is 12.3. The van der Waals surface area contributed by atoms with Crippen molar-refractivity contribution in [2.75, 3.05) is 0 Å². The van der Waals surface area contributed by atoms with Crippen molar-refractivity contribution in [3.63, 3.8) is 0 Å². The van der Waals surface area contributed by atoms with Crippen LogP contribution in [0.2, 0.25) is 0 Å². The third-order valence-electron chi connectivity index (χ3n) is 2.76. The molecule has 0 spiro atoms. The van der Waals surface area contributed by atoms with E-state index in [1.165, 1.54) is 0 Å². The molecule has 1 fully saturated rings. The van der Waals surface area contributed by atoms with E-state index >= 15 is 0 Å². The summed E-state index contributed by atoms with van der Waals surface area (Å²) in [6, 6.07) is 0.335. The first-order valence-corrected chi connectivity index (χ1v) is 5.54. The van der Waals surface area contributed by atoms with Crippen LogP contribution in [0.25, 0.3) is 0 Å². The maximum absolute atomic E-state index is 10.4. The van der Waals surface area contributed by atoms with Crippen LogP contribution in [0.15, 0.2) is 12.4 Å². The quantitative estimate of drug-likeness (QED) is 0.623. The predicted octanol–water partition coefficient (Wildman–Crippen LogP) is 1.03. The van der Waals surface area contributed by atoms with Gasteiger partial charge < -0.3 is 10.5 Å². The van der Waals surface area contributed by atoms with Crippen molar-refractivity contribution in [2.45, 2.75) is 37.8 Å². The lowest BCUT2D eigenvalue weighted by Gasteiger charge is -2.26. The average molecular weight is 238 g/mol. The highest BCUT2D eigenvalue weighted by Crippen LogP contribution is 2.21. The van der Waals surface area contributed by atoms with Gasteiger partial charge in [-0.05, 0) is 25.7 Å². The van der Waals surface area contributed by atoms with Gasteiger partial charge in [0.15, 0.2) is 0 Å². The van der Waals surface area contributed by atoms with Crippen LogP contribution in [-0.4, -0.2) is 27.0 Å². The van der Waals surface area contributed by atoms with Gasteiger partial charge in [-0.2, -0.15) is 9.97 Å². The topological polar surface area (TPSA) is 104 Å². The van der Waals surface area contributed by atoms with Crippen molar-refractivity contribution in [1.29, 1.82) is 0 Å². The second-order valence-electron chi connectivity index (χ2n) is 4.15. The van der Waals surface area contributed by atoms with Gasteiger partial charge in [-0.15, -0.1) is 0 Å². The number of hydrogen-bond donors (Lipinski definition) is 1. The van der Waals surface area contributed by atoms with Gasteiger partial charge in [0.1, 0.15) is 18.5 Å². The fraction of sp³-hybridized carbons (Fsp3) is 0.600. The minimum Gasteiger partial charge on any atom is -0.460 e. The number of rotatable bonds is 3. The lowest BCUT2D eigenvalue weighted by atomic mass is 9.94. The van der Waals surface area contributed by atoms with E-state index in [2.05, 4.69) is 9.97 Å². The van der Waals surface area contributed by atoms with Gasteiger partial charge in [0, 0.05) is 6.04 Å². The minimum absolute atomic E-state index is 0.0141. The van der Waals surface area contributed by atoms with Crippen molar-refractivity contribution in [2.24, 2.45) is 5.73 Å². The summed E-state index contributed by atoms with van der Waals surface area (Å²) in [6.45, 7) is 0. The first kappa shape index (κ1) is 11.7. The Morgan fingerprint density at radius 1 is 1.41 bits per heavy atom. The Kier molecular flexibility index (Phi) is 3.48. The molecule has 92 valence electrons. The first-order valence-electron chi connectivity index (χ1n) is 5.54. The van der Waals surface area contributed by atoms with E-state index in [0.717, 1.165) is 38.1 Å². The third-order valence-corrected chi connectivity index (χ3v) is 2.76. The van der Waals surface area contributed by atoms with Crippen molar-refractivity contribution in [1.82, 2.24) is 9.97 Å². The lowest BCUT2D eigenvalue weighted by Crippen LogP contribution is -2.34. The number of ether oxygens (including phenoxy) is 1. The summed E-state index contributed by atoms with van der Waals surface area (Å²) in [5, 5.41) is 10.4.